The number of thiophene rings is 1. The Bertz CT molecular complexity index is 757. The van der Waals surface area contributed by atoms with Crippen LogP contribution in [0.15, 0.2) is 28.7 Å². The summed E-state index contributed by atoms with van der Waals surface area (Å²) in [4.78, 5) is 24.9. The van der Waals surface area contributed by atoms with Gasteiger partial charge in [0.05, 0.1) is 17.5 Å². The number of amides is 1. The van der Waals surface area contributed by atoms with Gasteiger partial charge in [-0.2, -0.15) is 0 Å². The van der Waals surface area contributed by atoms with Gasteiger partial charge in [0.15, 0.2) is 5.75 Å². The van der Waals surface area contributed by atoms with Gasteiger partial charge in [-0.05, 0) is 47.5 Å². The Morgan fingerprint density at radius 3 is 2.70 bits per heavy atom. The molecule has 0 aliphatic heterocycles. The third-order valence-corrected chi connectivity index (χ3v) is 5.70. The van der Waals surface area contributed by atoms with E-state index in [9.17, 15) is 9.59 Å². The minimum Gasteiger partial charge on any atom is -0.494 e. The van der Waals surface area contributed by atoms with Crippen LogP contribution < -0.4 is 10.1 Å². The zero-order chi connectivity index (χ0) is 17.1. The van der Waals surface area contributed by atoms with E-state index in [2.05, 4.69) is 21.2 Å². The number of aliphatic carboxylic acids is 1. The minimum atomic E-state index is -0.909. The maximum Gasteiger partial charge on any atom is 0.310 e. The molecule has 0 aliphatic rings. The highest BCUT2D eigenvalue weighted by molar-refractivity contribution is 9.10. The summed E-state index contributed by atoms with van der Waals surface area (Å²) in [5, 5.41) is 11.9. The van der Waals surface area contributed by atoms with Crippen LogP contribution in [-0.4, -0.2) is 24.1 Å². The molecule has 1 atom stereocenters. The zero-order valence-electron chi connectivity index (χ0n) is 12.8. The maximum atomic E-state index is 12.5. The van der Waals surface area contributed by atoms with Gasteiger partial charge < -0.3 is 15.2 Å². The molecule has 1 heterocycles. The van der Waals surface area contributed by atoms with Crippen LogP contribution in [0.5, 0.6) is 5.75 Å². The van der Waals surface area contributed by atoms with Crippen LogP contribution in [0, 0.1) is 6.92 Å². The number of methoxy groups -OCH3 is 1. The summed E-state index contributed by atoms with van der Waals surface area (Å²) >= 11 is 4.73. The zero-order valence-corrected chi connectivity index (χ0v) is 15.2. The van der Waals surface area contributed by atoms with Crippen molar-refractivity contribution in [3.05, 3.63) is 44.1 Å². The average Bonchev–Trinajstić information content (AvgIpc) is 2.81. The van der Waals surface area contributed by atoms with Crippen molar-refractivity contribution < 1.29 is 19.4 Å². The van der Waals surface area contributed by atoms with Gasteiger partial charge >= 0.3 is 5.97 Å². The number of benzene rings is 1. The highest BCUT2D eigenvalue weighted by Gasteiger charge is 2.21. The number of halogens is 1. The molecule has 1 aromatic heterocycles. The van der Waals surface area contributed by atoms with Crippen LogP contribution in [0.3, 0.4) is 0 Å². The summed E-state index contributed by atoms with van der Waals surface area (Å²) in [6.45, 7) is 3.50. The van der Waals surface area contributed by atoms with Gasteiger partial charge in [0.2, 0.25) is 0 Å². The van der Waals surface area contributed by atoms with E-state index >= 15 is 0 Å². The molecule has 122 valence electrons. The lowest BCUT2D eigenvalue weighted by Crippen LogP contribution is -2.12. The van der Waals surface area contributed by atoms with Gasteiger partial charge in [0, 0.05) is 10.6 Å². The highest BCUT2D eigenvalue weighted by atomic mass is 79.9. The van der Waals surface area contributed by atoms with Gasteiger partial charge in [-0.1, -0.05) is 12.1 Å². The molecule has 0 radical (unpaired) electrons. The van der Waals surface area contributed by atoms with Crippen molar-refractivity contribution in [2.75, 3.05) is 12.4 Å². The number of carbonyl (C=O) groups excluding carboxylic acids is 1. The molecule has 0 saturated heterocycles. The highest BCUT2D eigenvalue weighted by Crippen LogP contribution is 2.39. The summed E-state index contributed by atoms with van der Waals surface area (Å²) in [6, 6.07) is 6.83. The predicted molar refractivity (Wildman–Crippen MR) is 93.8 cm³/mol. The van der Waals surface area contributed by atoms with Crippen LogP contribution in [0.1, 0.15) is 33.0 Å². The van der Waals surface area contributed by atoms with E-state index in [0.717, 1.165) is 9.35 Å². The van der Waals surface area contributed by atoms with Crippen LogP contribution >= 0.6 is 27.3 Å². The largest absolute Gasteiger partial charge is 0.494 e. The van der Waals surface area contributed by atoms with Gasteiger partial charge in [-0.15, -0.1) is 11.3 Å². The second kappa shape index (κ2) is 7.14. The molecule has 1 unspecified atom stereocenters. The Kier molecular flexibility index (Phi) is 5.43. The van der Waals surface area contributed by atoms with E-state index in [4.69, 9.17) is 9.84 Å². The topological polar surface area (TPSA) is 75.6 Å². The van der Waals surface area contributed by atoms with Crippen molar-refractivity contribution in [3.63, 3.8) is 0 Å². The summed E-state index contributed by atoms with van der Waals surface area (Å²) in [5.41, 5.74) is 1.18. The number of rotatable bonds is 5. The molecule has 0 spiro atoms. The molecule has 0 saturated carbocycles. The number of carboxylic acid groups (broad SMARTS) is 1. The van der Waals surface area contributed by atoms with Crippen LogP contribution in [0.25, 0.3) is 0 Å². The molecule has 2 N–H and O–H groups in total. The van der Waals surface area contributed by atoms with Crippen molar-refractivity contribution in [3.8, 4) is 5.75 Å². The Balaban J connectivity index is 2.26. The SMILES string of the molecule is COc1c(C(=O)Nc2cccc(C(C)C(=O)O)c2)sc(C)c1Br. The molecule has 2 rings (SSSR count). The monoisotopic (exact) mass is 397 g/mol. The summed E-state index contributed by atoms with van der Waals surface area (Å²) in [5.74, 6) is -1.34. The third kappa shape index (κ3) is 3.73. The minimum absolute atomic E-state index is 0.291. The van der Waals surface area contributed by atoms with Crippen molar-refractivity contribution >= 4 is 44.8 Å². The standard InChI is InChI=1S/C16H16BrNO4S/c1-8(16(20)21)10-5-4-6-11(7-10)18-15(19)14-13(22-3)12(17)9(2)23-14/h4-8H,1-3H3,(H,18,19)(H,20,21). The fourth-order valence-electron chi connectivity index (χ4n) is 2.05. The molecule has 1 aromatic carbocycles. The fraction of sp³-hybridized carbons (Fsp3) is 0.250. The van der Waals surface area contributed by atoms with Gasteiger partial charge in [-0.25, -0.2) is 0 Å². The summed E-state index contributed by atoms with van der Waals surface area (Å²) in [6.07, 6.45) is 0. The molecule has 0 aliphatic carbocycles. The average molecular weight is 398 g/mol. The molecule has 1 amide bonds. The lowest BCUT2D eigenvalue weighted by Gasteiger charge is -2.10. The van der Waals surface area contributed by atoms with Gasteiger partial charge in [-0.3, -0.25) is 9.59 Å². The van der Waals surface area contributed by atoms with Crippen molar-refractivity contribution in [2.45, 2.75) is 19.8 Å². The summed E-state index contributed by atoms with van der Waals surface area (Å²) < 4.78 is 6.04. The third-order valence-electron chi connectivity index (χ3n) is 3.40. The molecule has 0 bridgehead atoms. The molecule has 2 aromatic rings. The molecule has 5 nitrogen and oxygen atoms in total. The van der Waals surface area contributed by atoms with E-state index in [1.54, 1.807) is 31.2 Å². The first-order chi connectivity index (χ1) is 10.8. The molecule has 23 heavy (non-hydrogen) atoms. The molecular formula is C16H16BrNO4S. The number of anilines is 1. The van der Waals surface area contributed by atoms with Crippen molar-refractivity contribution in [1.82, 2.24) is 0 Å². The van der Waals surface area contributed by atoms with Crippen LogP contribution in [-0.2, 0) is 4.79 Å². The van der Waals surface area contributed by atoms with Crippen LogP contribution in [0.2, 0.25) is 0 Å². The van der Waals surface area contributed by atoms with Crippen molar-refractivity contribution in [2.24, 2.45) is 0 Å². The number of carboxylic acids is 1. The van der Waals surface area contributed by atoms with E-state index in [1.807, 2.05) is 6.92 Å². The van der Waals surface area contributed by atoms with Gasteiger partial charge in [0.1, 0.15) is 4.88 Å². The quantitative estimate of drug-likeness (QED) is 0.789. The number of hydrogen-bond acceptors (Lipinski definition) is 4. The van der Waals surface area contributed by atoms with E-state index in [0.29, 0.717) is 21.9 Å². The molecular weight excluding hydrogens is 382 g/mol. The second-order valence-corrected chi connectivity index (χ2v) is 6.99. The lowest BCUT2D eigenvalue weighted by atomic mass is 10.0. The van der Waals surface area contributed by atoms with Crippen molar-refractivity contribution in [1.29, 1.82) is 0 Å². The number of carbonyl (C=O) groups is 2. The molecule has 7 heteroatoms. The number of hydrogen-bond donors (Lipinski definition) is 2. The first-order valence-electron chi connectivity index (χ1n) is 6.82. The number of nitrogens with one attached hydrogen (secondary N) is 1. The van der Waals surface area contributed by atoms with E-state index < -0.39 is 11.9 Å². The first kappa shape index (κ1) is 17.5. The van der Waals surface area contributed by atoms with E-state index in [-0.39, 0.29) is 5.91 Å². The Morgan fingerprint density at radius 2 is 2.09 bits per heavy atom. The molecule has 0 fully saturated rings. The second-order valence-electron chi connectivity index (χ2n) is 4.97. The Morgan fingerprint density at radius 1 is 1.39 bits per heavy atom. The maximum absolute atomic E-state index is 12.5. The van der Waals surface area contributed by atoms with Crippen LogP contribution in [0.4, 0.5) is 5.69 Å². The number of aryl methyl sites for hydroxylation is 1. The Labute approximate surface area is 146 Å². The van der Waals surface area contributed by atoms with Gasteiger partial charge in [0.25, 0.3) is 5.91 Å². The lowest BCUT2D eigenvalue weighted by molar-refractivity contribution is -0.138. The number of ether oxygens (including phenoxy) is 1. The fourth-order valence-corrected chi connectivity index (χ4v) is 3.70. The first-order valence-corrected chi connectivity index (χ1v) is 8.43. The predicted octanol–water partition coefficient (Wildman–Crippen LogP) is 4.27. The Hall–Kier alpha value is -1.86. The normalized spacial score (nSPS) is 11.8. The van der Waals surface area contributed by atoms with E-state index in [1.165, 1.54) is 18.4 Å². The smallest absolute Gasteiger partial charge is 0.310 e. The summed E-state index contributed by atoms with van der Waals surface area (Å²) in [7, 11) is 1.51.